The fraction of sp³-hybridized carbons (Fsp3) is 0.167. The highest BCUT2D eigenvalue weighted by Gasteiger charge is 2.17. The van der Waals surface area contributed by atoms with Crippen LogP contribution in [-0.2, 0) is 9.59 Å². The van der Waals surface area contributed by atoms with Gasteiger partial charge in [0.2, 0.25) is 11.8 Å². The number of thiazole rings is 1. The summed E-state index contributed by atoms with van der Waals surface area (Å²) in [5.41, 5.74) is 1.62. The molecule has 2 N–H and O–H groups in total. The third-order valence-electron chi connectivity index (χ3n) is 3.42. The molecule has 0 spiro atoms. The van der Waals surface area contributed by atoms with Gasteiger partial charge in [0.05, 0.1) is 21.2 Å². The maximum absolute atomic E-state index is 12.3. The molecular formula is C18H17N3O2S2. The average Bonchev–Trinajstić information content (AvgIpc) is 3.02. The Bertz CT molecular complexity index is 847. The largest absolute Gasteiger partial charge is 0.325 e. The Hall–Kier alpha value is -2.38. The number of nitrogens with zero attached hydrogens (tertiary/aromatic N) is 1. The van der Waals surface area contributed by atoms with Gasteiger partial charge in [-0.2, -0.15) is 0 Å². The Kier molecular flexibility index (Phi) is 5.67. The number of carbonyl (C=O) groups is 2. The first-order chi connectivity index (χ1) is 12.1. The van der Waals surface area contributed by atoms with Crippen LogP contribution in [0.3, 0.4) is 0 Å². The van der Waals surface area contributed by atoms with Crippen LogP contribution in [0.2, 0.25) is 0 Å². The monoisotopic (exact) mass is 371 g/mol. The Morgan fingerprint density at radius 1 is 1.08 bits per heavy atom. The first kappa shape index (κ1) is 17.4. The predicted octanol–water partition coefficient (Wildman–Crippen LogP) is 4.00. The molecule has 1 unspecified atom stereocenters. The van der Waals surface area contributed by atoms with Crippen molar-refractivity contribution in [3.05, 3.63) is 54.6 Å². The lowest BCUT2D eigenvalue weighted by Gasteiger charge is -2.10. The smallest absolute Gasteiger partial charge is 0.239 e. The quantitative estimate of drug-likeness (QED) is 0.687. The van der Waals surface area contributed by atoms with E-state index in [-0.39, 0.29) is 22.8 Å². The minimum Gasteiger partial charge on any atom is -0.325 e. The van der Waals surface area contributed by atoms with Gasteiger partial charge in [-0.15, -0.1) is 11.8 Å². The summed E-state index contributed by atoms with van der Waals surface area (Å²) >= 11 is 2.73. The van der Waals surface area contributed by atoms with Crippen LogP contribution in [-0.4, -0.2) is 27.8 Å². The first-order valence-electron chi connectivity index (χ1n) is 7.75. The number of fused-ring (bicyclic) bond motifs is 1. The van der Waals surface area contributed by atoms with E-state index in [4.69, 9.17) is 0 Å². The molecule has 128 valence electrons. The van der Waals surface area contributed by atoms with Crippen LogP contribution >= 0.6 is 23.1 Å². The van der Waals surface area contributed by atoms with E-state index in [2.05, 4.69) is 15.6 Å². The molecule has 0 aliphatic heterocycles. The van der Waals surface area contributed by atoms with Crippen molar-refractivity contribution < 1.29 is 9.59 Å². The van der Waals surface area contributed by atoms with E-state index in [1.54, 1.807) is 6.92 Å². The van der Waals surface area contributed by atoms with Crippen LogP contribution in [0.15, 0.2) is 54.6 Å². The second-order valence-corrected chi connectivity index (χ2v) is 7.70. The number of thioether (sulfide) groups is 1. The van der Waals surface area contributed by atoms with Crippen molar-refractivity contribution in [3.8, 4) is 0 Å². The molecule has 1 atom stereocenters. The Labute approximate surface area is 153 Å². The highest BCUT2D eigenvalue weighted by Crippen LogP contribution is 2.26. The van der Waals surface area contributed by atoms with Gasteiger partial charge in [-0.1, -0.05) is 41.7 Å². The third-order valence-corrected chi connectivity index (χ3v) is 5.51. The Morgan fingerprint density at radius 3 is 2.56 bits per heavy atom. The van der Waals surface area contributed by atoms with Crippen molar-refractivity contribution in [2.45, 2.75) is 12.2 Å². The number of aromatic nitrogens is 1. The number of amides is 2. The number of hydrogen-bond acceptors (Lipinski definition) is 5. The summed E-state index contributed by atoms with van der Waals surface area (Å²) in [6.45, 7) is 1.78. The number of nitrogens with one attached hydrogen (secondary N) is 2. The summed E-state index contributed by atoms with van der Waals surface area (Å²) in [7, 11) is 0. The zero-order chi connectivity index (χ0) is 17.6. The van der Waals surface area contributed by atoms with E-state index < -0.39 is 0 Å². The number of benzene rings is 2. The third kappa shape index (κ3) is 4.80. The molecule has 5 nitrogen and oxygen atoms in total. The van der Waals surface area contributed by atoms with E-state index >= 15 is 0 Å². The van der Waals surface area contributed by atoms with Gasteiger partial charge in [0.25, 0.3) is 0 Å². The van der Waals surface area contributed by atoms with Crippen molar-refractivity contribution in [1.29, 1.82) is 0 Å². The maximum Gasteiger partial charge on any atom is 0.239 e. The van der Waals surface area contributed by atoms with Gasteiger partial charge < -0.3 is 10.6 Å². The zero-order valence-electron chi connectivity index (χ0n) is 13.6. The molecule has 2 aromatic carbocycles. The number of carbonyl (C=O) groups excluding carboxylic acids is 2. The summed E-state index contributed by atoms with van der Waals surface area (Å²) in [6.07, 6.45) is 0. The van der Waals surface area contributed by atoms with Crippen LogP contribution in [0, 0.1) is 0 Å². The number of anilines is 2. The molecule has 1 heterocycles. The molecule has 1 aromatic heterocycles. The minimum absolute atomic E-state index is 0.129. The molecule has 3 aromatic rings. The second-order valence-electron chi connectivity index (χ2n) is 5.34. The topological polar surface area (TPSA) is 71.1 Å². The van der Waals surface area contributed by atoms with Crippen LogP contribution < -0.4 is 10.6 Å². The predicted molar refractivity (Wildman–Crippen MR) is 105 cm³/mol. The highest BCUT2D eigenvalue weighted by molar-refractivity contribution is 8.01. The second kappa shape index (κ2) is 8.13. The van der Waals surface area contributed by atoms with Crippen LogP contribution in [0.4, 0.5) is 10.8 Å². The number of para-hydroxylation sites is 2. The molecule has 0 aliphatic rings. The molecule has 3 rings (SSSR count). The van der Waals surface area contributed by atoms with Crippen molar-refractivity contribution in [2.75, 3.05) is 16.4 Å². The zero-order valence-corrected chi connectivity index (χ0v) is 15.2. The molecular weight excluding hydrogens is 354 g/mol. The van der Waals surface area contributed by atoms with Gasteiger partial charge in [-0.3, -0.25) is 9.59 Å². The van der Waals surface area contributed by atoms with Crippen molar-refractivity contribution in [3.63, 3.8) is 0 Å². The molecule has 0 saturated heterocycles. The van der Waals surface area contributed by atoms with Gasteiger partial charge in [-0.05, 0) is 31.2 Å². The molecule has 25 heavy (non-hydrogen) atoms. The lowest BCUT2D eigenvalue weighted by atomic mass is 10.3. The van der Waals surface area contributed by atoms with Crippen LogP contribution in [0.5, 0.6) is 0 Å². The molecule has 0 saturated carbocycles. The summed E-state index contributed by atoms with van der Waals surface area (Å²) < 4.78 is 1.03. The fourth-order valence-electron chi connectivity index (χ4n) is 2.13. The van der Waals surface area contributed by atoms with Gasteiger partial charge >= 0.3 is 0 Å². The molecule has 0 radical (unpaired) electrons. The molecule has 0 bridgehead atoms. The fourth-order valence-corrected chi connectivity index (χ4v) is 3.68. The van der Waals surface area contributed by atoms with E-state index in [1.165, 1.54) is 23.1 Å². The van der Waals surface area contributed by atoms with Crippen molar-refractivity contribution in [2.24, 2.45) is 0 Å². The number of hydrogen-bond donors (Lipinski definition) is 2. The van der Waals surface area contributed by atoms with Gasteiger partial charge in [0, 0.05) is 5.69 Å². The molecule has 7 heteroatoms. The van der Waals surface area contributed by atoms with Crippen molar-refractivity contribution in [1.82, 2.24) is 4.98 Å². The van der Waals surface area contributed by atoms with Gasteiger partial charge in [0.15, 0.2) is 5.13 Å². The van der Waals surface area contributed by atoms with E-state index in [1.807, 2.05) is 54.6 Å². The summed E-state index contributed by atoms with van der Waals surface area (Å²) in [6, 6.07) is 17.0. The van der Waals surface area contributed by atoms with Crippen LogP contribution in [0.25, 0.3) is 10.2 Å². The Balaban J connectivity index is 1.49. The standard InChI is InChI=1S/C18H17N3O2S2/c1-12(24-11-16(22)19-13-7-3-2-4-8-13)17(23)21-18-20-14-9-5-6-10-15(14)25-18/h2-10,12H,11H2,1H3,(H,19,22)(H,20,21,23). The highest BCUT2D eigenvalue weighted by atomic mass is 32.2. The average molecular weight is 371 g/mol. The van der Waals surface area contributed by atoms with E-state index in [0.29, 0.717) is 5.13 Å². The Morgan fingerprint density at radius 2 is 1.80 bits per heavy atom. The molecule has 0 aliphatic carbocycles. The summed E-state index contributed by atoms with van der Waals surface area (Å²) in [5.74, 6) is -0.0732. The van der Waals surface area contributed by atoms with E-state index in [0.717, 1.165) is 15.9 Å². The van der Waals surface area contributed by atoms with Gasteiger partial charge in [0.1, 0.15) is 0 Å². The summed E-state index contributed by atoms with van der Waals surface area (Å²) in [4.78, 5) is 28.6. The maximum atomic E-state index is 12.3. The normalized spacial score (nSPS) is 11.9. The van der Waals surface area contributed by atoms with Crippen LogP contribution in [0.1, 0.15) is 6.92 Å². The van der Waals surface area contributed by atoms with E-state index in [9.17, 15) is 9.59 Å². The first-order valence-corrected chi connectivity index (χ1v) is 9.61. The van der Waals surface area contributed by atoms with Crippen molar-refractivity contribution >= 4 is 55.9 Å². The SMILES string of the molecule is CC(SCC(=O)Nc1ccccc1)C(=O)Nc1nc2ccccc2s1. The lowest BCUT2D eigenvalue weighted by molar-refractivity contribution is -0.115. The summed E-state index contributed by atoms with van der Waals surface area (Å²) in [5, 5.41) is 5.85. The lowest BCUT2D eigenvalue weighted by Crippen LogP contribution is -2.24. The molecule has 0 fully saturated rings. The minimum atomic E-state index is -0.353. The van der Waals surface area contributed by atoms with Gasteiger partial charge in [-0.25, -0.2) is 4.98 Å². The molecule has 2 amide bonds. The number of rotatable bonds is 6.